The van der Waals surface area contributed by atoms with E-state index in [1.165, 1.54) is 32.7 Å². The standard InChI is InChI=1S/C17H23I/c1-8-9(2)11(4)16-14(7)17(18)13(6)12(5)15(16)10(8)3/h13,17H,1-7H3. The van der Waals surface area contributed by atoms with Gasteiger partial charge in [0.2, 0.25) is 0 Å². The lowest BCUT2D eigenvalue weighted by atomic mass is 9.81. The zero-order valence-electron chi connectivity index (χ0n) is 12.5. The lowest BCUT2D eigenvalue weighted by molar-refractivity contribution is 0.780. The van der Waals surface area contributed by atoms with E-state index >= 15 is 0 Å². The Kier molecular flexibility index (Phi) is 3.65. The van der Waals surface area contributed by atoms with E-state index in [1.54, 1.807) is 11.1 Å². The molecule has 0 aromatic heterocycles. The van der Waals surface area contributed by atoms with Crippen molar-refractivity contribution in [3.05, 3.63) is 32.7 Å². The van der Waals surface area contributed by atoms with Gasteiger partial charge in [0.15, 0.2) is 0 Å². The summed E-state index contributed by atoms with van der Waals surface area (Å²) in [4.78, 5) is 0. The van der Waals surface area contributed by atoms with E-state index < -0.39 is 0 Å². The smallest absolute Gasteiger partial charge is 0.0388 e. The molecular weight excluding hydrogens is 331 g/mol. The van der Waals surface area contributed by atoms with E-state index in [1.807, 2.05) is 0 Å². The average Bonchev–Trinajstić information content (AvgIpc) is 2.35. The van der Waals surface area contributed by atoms with Gasteiger partial charge in [-0.3, -0.25) is 0 Å². The van der Waals surface area contributed by atoms with Crippen LogP contribution in [-0.2, 0) is 0 Å². The molecule has 1 aromatic carbocycles. The molecular formula is C17H23I. The van der Waals surface area contributed by atoms with Crippen LogP contribution in [0.5, 0.6) is 0 Å². The summed E-state index contributed by atoms with van der Waals surface area (Å²) in [7, 11) is 0. The van der Waals surface area contributed by atoms with Crippen molar-refractivity contribution in [1.82, 2.24) is 0 Å². The highest BCUT2D eigenvalue weighted by Crippen LogP contribution is 2.30. The number of benzene rings is 1. The van der Waals surface area contributed by atoms with Crippen molar-refractivity contribution in [2.45, 2.75) is 52.4 Å². The van der Waals surface area contributed by atoms with Crippen LogP contribution in [0.3, 0.4) is 0 Å². The molecule has 0 aliphatic heterocycles. The van der Waals surface area contributed by atoms with Crippen molar-refractivity contribution < 1.29 is 0 Å². The monoisotopic (exact) mass is 354 g/mol. The van der Waals surface area contributed by atoms with E-state index in [0.29, 0.717) is 9.84 Å². The molecule has 1 aromatic rings. The maximum atomic E-state index is 2.61. The summed E-state index contributed by atoms with van der Waals surface area (Å²) >= 11 is 2.61. The fourth-order valence-corrected chi connectivity index (χ4v) is 4.11. The van der Waals surface area contributed by atoms with Crippen LogP contribution in [0.2, 0.25) is 0 Å². The molecule has 98 valence electrons. The maximum Gasteiger partial charge on any atom is 0.0388 e. The summed E-state index contributed by atoms with van der Waals surface area (Å²) in [5, 5.41) is 3.07. The molecule has 0 nitrogen and oxygen atoms in total. The summed E-state index contributed by atoms with van der Waals surface area (Å²) in [5.41, 5.74) is 9.04. The first-order valence-electron chi connectivity index (χ1n) is 6.71. The van der Waals surface area contributed by atoms with E-state index in [2.05, 4.69) is 71.1 Å². The molecule has 0 saturated heterocycles. The maximum absolute atomic E-state index is 2.61. The van der Waals surface area contributed by atoms with Crippen LogP contribution in [0.4, 0.5) is 0 Å². The van der Waals surface area contributed by atoms with Crippen molar-refractivity contribution in [3.8, 4) is 0 Å². The second-order valence-corrected chi connectivity index (χ2v) is 7.15. The molecule has 18 heavy (non-hydrogen) atoms. The number of halogens is 1. The minimum absolute atomic E-state index is 0.635. The Labute approximate surface area is 124 Å². The molecule has 0 radical (unpaired) electrons. The van der Waals surface area contributed by atoms with Crippen molar-refractivity contribution in [2.24, 2.45) is 5.92 Å². The summed E-state index contributed by atoms with van der Waals surface area (Å²) in [6.07, 6.45) is 0. The van der Waals surface area contributed by atoms with Crippen LogP contribution in [0.25, 0.3) is 11.1 Å². The minimum atomic E-state index is 0.635. The minimum Gasteiger partial charge on any atom is -0.0771 e. The highest BCUT2D eigenvalue weighted by Gasteiger charge is 2.24. The molecule has 0 spiro atoms. The molecule has 1 aliphatic rings. The molecule has 1 heteroatoms. The van der Waals surface area contributed by atoms with Gasteiger partial charge >= 0.3 is 0 Å². The summed E-state index contributed by atoms with van der Waals surface area (Å²) in [5.74, 6) is 0.651. The molecule has 0 amide bonds. The van der Waals surface area contributed by atoms with Gasteiger partial charge in [0.05, 0.1) is 0 Å². The zero-order valence-corrected chi connectivity index (χ0v) is 14.7. The van der Waals surface area contributed by atoms with Gasteiger partial charge in [-0.15, -0.1) is 0 Å². The van der Waals surface area contributed by atoms with Crippen LogP contribution in [0.1, 0.15) is 43.0 Å². The molecule has 0 saturated carbocycles. The second-order valence-electron chi connectivity index (χ2n) is 5.81. The molecule has 0 N–H and O–H groups in total. The van der Waals surface area contributed by atoms with Gasteiger partial charge in [-0.25, -0.2) is 0 Å². The van der Waals surface area contributed by atoms with Crippen molar-refractivity contribution in [1.29, 1.82) is 0 Å². The largest absolute Gasteiger partial charge is 0.0771 e. The Morgan fingerprint density at radius 3 is 1.50 bits per heavy atom. The normalized spacial score (nSPS) is 23.3. The third kappa shape index (κ3) is 1.77. The molecule has 0 heterocycles. The van der Waals surface area contributed by atoms with Crippen LogP contribution < -0.4 is 10.4 Å². The van der Waals surface area contributed by atoms with Gasteiger partial charge in [-0.05, 0) is 80.2 Å². The van der Waals surface area contributed by atoms with Gasteiger partial charge in [-0.2, -0.15) is 0 Å². The highest BCUT2D eigenvalue weighted by atomic mass is 127. The van der Waals surface area contributed by atoms with Gasteiger partial charge < -0.3 is 0 Å². The number of hydrogen-bond acceptors (Lipinski definition) is 0. The van der Waals surface area contributed by atoms with Crippen molar-refractivity contribution >= 4 is 33.7 Å². The van der Waals surface area contributed by atoms with E-state index in [-0.39, 0.29) is 0 Å². The molecule has 0 bridgehead atoms. The fraction of sp³-hybridized carbons (Fsp3) is 0.529. The topological polar surface area (TPSA) is 0 Å². The third-order valence-corrected chi connectivity index (χ3v) is 7.02. The first-order chi connectivity index (χ1) is 8.29. The fourth-order valence-electron chi connectivity index (χ4n) is 3.26. The highest BCUT2D eigenvalue weighted by molar-refractivity contribution is 14.1. The van der Waals surface area contributed by atoms with Gasteiger partial charge in [-0.1, -0.05) is 40.7 Å². The molecule has 0 fully saturated rings. The Morgan fingerprint density at radius 2 is 1.06 bits per heavy atom. The Bertz CT molecular complexity index is 578. The van der Waals surface area contributed by atoms with Crippen LogP contribution in [0, 0.1) is 33.6 Å². The van der Waals surface area contributed by atoms with Gasteiger partial charge in [0.25, 0.3) is 0 Å². The molecule has 2 rings (SSSR count). The molecule has 2 unspecified atom stereocenters. The Hall–Kier alpha value is -0.310. The van der Waals surface area contributed by atoms with E-state index in [4.69, 9.17) is 0 Å². The Morgan fingerprint density at radius 1 is 0.667 bits per heavy atom. The molecule has 2 atom stereocenters. The quantitative estimate of drug-likeness (QED) is 0.492. The number of hydrogen-bond donors (Lipinski definition) is 0. The summed E-state index contributed by atoms with van der Waals surface area (Å²) < 4.78 is 0.635. The van der Waals surface area contributed by atoms with Gasteiger partial charge in [0.1, 0.15) is 0 Å². The lowest BCUT2D eigenvalue weighted by Crippen LogP contribution is -2.42. The third-order valence-electron chi connectivity index (χ3n) is 5.01. The van der Waals surface area contributed by atoms with E-state index in [9.17, 15) is 0 Å². The van der Waals surface area contributed by atoms with Gasteiger partial charge in [0, 0.05) is 3.92 Å². The second kappa shape index (κ2) is 4.66. The SMILES string of the molecule is CC1=c2c(C)c(C)c(C)c(C)c2=C(C)C(I)C1C. The van der Waals surface area contributed by atoms with Crippen molar-refractivity contribution in [2.75, 3.05) is 0 Å². The van der Waals surface area contributed by atoms with Crippen molar-refractivity contribution in [3.63, 3.8) is 0 Å². The average molecular weight is 354 g/mol. The van der Waals surface area contributed by atoms with Crippen LogP contribution in [0.15, 0.2) is 0 Å². The van der Waals surface area contributed by atoms with Crippen LogP contribution in [-0.4, -0.2) is 3.92 Å². The predicted molar refractivity (Wildman–Crippen MR) is 89.8 cm³/mol. The number of alkyl halides is 1. The lowest BCUT2D eigenvalue weighted by Gasteiger charge is -2.28. The number of rotatable bonds is 0. The first-order valence-corrected chi connectivity index (χ1v) is 7.95. The zero-order chi connectivity index (χ0) is 13.8. The van der Waals surface area contributed by atoms with E-state index in [0.717, 1.165) is 0 Å². The Balaban J connectivity index is 3.16. The number of fused-ring (bicyclic) bond motifs is 1. The predicted octanol–water partition coefficient (Wildman–Crippen LogP) is 3.71. The van der Waals surface area contributed by atoms with Crippen LogP contribution >= 0.6 is 22.6 Å². The summed E-state index contributed by atoms with van der Waals surface area (Å²) in [6.45, 7) is 16.1. The summed E-state index contributed by atoms with van der Waals surface area (Å²) in [6, 6.07) is 0. The molecule has 1 aliphatic carbocycles. The first kappa shape index (κ1) is 14.1.